The van der Waals surface area contributed by atoms with E-state index in [9.17, 15) is 17.2 Å². The van der Waals surface area contributed by atoms with Gasteiger partial charge in [0.25, 0.3) is 6.43 Å². The molecular formula is C28H26ClF2N5O2S. The highest BCUT2D eigenvalue weighted by Crippen LogP contribution is 2.32. The Morgan fingerprint density at radius 3 is 2.49 bits per heavy atom. The number of nitrogens with zero attached hydrogens (tertiary/aromatic N) is 3. The van der Waals surface area contributed by atoms with Crippen LogP contribution in [-0.4, -0.2) is 23.7 Å². The Labute approximate surface area is 230 Å². The average Bonchev–Trinajstić information content (AvgIpc) is 3.33. The molecule has 1 heterocycles. The van der Waals surface area contributed by atoms with Crippen molar-refractivity contribution in [2.75, 3.05) is 5.75 Å². The lowest BCUT2D eigenvalue weighted by Gasteiger charge is -2.18. The second-order valence-corrected chi connectivity index (χ2v) is 11.4. The minimum Gasteiger partial charge on any atom is -0.379 e. The SMILES string of the molecule is CCS(=O)(=O)c1cccc(-c2ccc(-n3cc(C(F)F)nc3C)c(/C(=C/N=N)NCc3ccc(Cl)cc3)c2)c1. The Hall–Kier alpha value is -3.89. The first kappa shape index (κ1) is 28.1. The number of nitrogens with one attached hydrogen (secondary N) is 2. The van der Waals surface area contributed by atoms with Crippen LogP contribution in [0.3, 0.4) is 0 Å². The van der Waals surface area contributed by atoms with Crippen LogP contribution in [0, 0.1) is 12.5 Å². The zero-order chi connectivity index (χ0) is 28.2. The van der Waals surface area contributed by atoms with Gasteiger partial charge in [-0.1, -0.05) is 48.9 Å². The monoisotopic (exact) mass is 569 g/mol. The molecule has 0 saturated carbocycles. The summed E-state index contributed by atoms with van der Waals surface area (Å²) in [6.07, 6.45) is -0.129. The van der Waals surface area contributed by atoms with Gasteiger partial charge in [-0.05, 0) is 60.0 Å². The molecule has 0 radical (unpaired) electrons. The third kappa shape index (κ3) is 6.40. The molecule has 11 heteroatoms. The van der Waals surface area contributed by atoms with Crippen molar-refractivity contribution in [1.82, 2.24) is 14.9 Å². The summed E-state index contributed by atoms with van der Waals surface area (Å²) in [5.41, 5.74) is 11.0. The van der Waals surface area contributed by atoms with Gasteiger partial charge < -0.3 is 9.88 Å². The van der Waals surface area contributed by atoms with Crippen LogP contribution >= 0.6 is 11.6 Å². The summed E-state index contributed by atoms with van der Waals surface area (Å²) in [5.74, 6) is 0.328. The van der Waals surface area contributed by atoms with Crippen molar-refractivity contribution >= 4 is 27.1 Å². The van der Waals surface area contributed by atoms with Crippen LogP contribution in [0.2, 0.25) is 5.02 Å². The molecule has 4 rings (SSSR count). The van der Waals surface area contributed by atoms with Crippen molar-refractivity contribution in [2.24, 2.45) is 5.11 Å². The predicted molar refractivity (Wildman–Crippen MR) is 148 cm³/mol. The van der Waals surface area contributed by atoms with Gasteiger partial charge in [0.15, 0.2) is 9.84 Å². The van der Waals surface area contributed by atoms with Crippen LogP contribution in [-0.2, 0) is 16.4 Å². The van der Waals surface area contributed by atoms with Gasteiger partial charge in [-0.25, -0.2) is 27.7 Å². The third-order valence-corrected chi connectivity index (χ3v) is 8.15. The van der Waals surface area contributed by atoms with E-state index in [2.05, 4.69) is 15.4 Å². The maximum Gasteiger partial charge on any atom is 0.281 e. The molecule has 0 bridgehead atoms. The summed E-state index contributed by atoms with van der Waals surface area (Å²) in [5, 5.41) is 7.35. The zero-order valence-electron chi connectivity index (χ0n) is 21.2. The summed E-state index contributed by atoms with van der Waals surface area (Å²) in [4.78, 5) is 4.20. The van der Waals surface area contributed by atoms with Crippen molar-refractivity contribution in [3.05, 3.63) is 107 Å². The third-order valence-electron chi connectivity index (χ3n) is 6.17. The number of alkyl halides is 2. The molecule has 39 heavy (non-hydrogen) atoms. The lowest BCUT2D eigenvalue weighted by molar-refractivity contribution is 0.146. The molecule has 4 aromatic rings. The van der Waals surface area contributed by atoms with Gasteiger partial charge in [-0.15, -0.1) is 0 Å². The van der Waals surface area contributed by atoms with E-state index in [0.717, 1.165) is 5.56 Å². The van der Waals surface area contributed by atoms with Crippen LogP contribution in [0.5, 0.6) is 0 Å². The maximum atomic E-state index is 13.4. The highest BCUT2D eigenvalue weighted by molar-refractivity contribution is 7.91. The lowest BCUT2D eigenvalue weighted by atomic mass is 9.99. The predicted octanol–water partition coefficient (Wildman–Crippen LogP) is 7.35. The molecule has 2 N–H and O–H groups in total. The molecule has 0 saturated heterocycles. The number of hydrogen-bond acceptors (Lipinski definition) is 6. The molecule has 1 aromatic heterocycles. The van der Waals surface area contributed by atoms with Crippen LogP contribution < -0.4 is 5.32 Å². The molecule has 0 aliphatic rings. The van der Waals surface area contributed by atoms with Crippen LogP contribution in [0.15, 0.2) is 89.1 Å². The number of hydrogen-bond donors (Lipinski definition) is 2. The normalized spacial score (nSPS) is 12.1. The molecule has 0 aliphatic heterocycles. The van der Waals surface area contributed by atoms with E-state index in [0.29, 0.717) is 45.5 Å². The maximum absolute atomic E-state index is 13.4. The Bertz CT molecular complexity index is 1630. The Morgan fingerprint density at radius 2 is 1.85 bits per heavy atom. The topological polar surface area (TPSA) is 100 Å². The van der Waals surface area contributed by atoms with Crippen molar-refractivity contribution in [3.63, 3.8) is 0 Å². The Balaban J connectivity index is 1.85. The summed E-state index contributed by atoms with van der Waals surface area (Å²) < 4.78 is 53.4. The number of benzene rings is 3. The summed E-state index contributed by atoms with van der Waals surface area (Å²) in [7, 11) is -3.42. The van der Waals surface area contributed by atoms with E-state index in [-0.39, 0.29) is 16.3 Å². The number of imidazole rings is 1. The number of aryl methyl sites for hydroxylation is 1. The van der Waals surface area contributed by atoms with E-state index in [4.69, 9.17) is 17.1 Å². The minimum absolute atomic E-state index is 0.0282. The summed E-state index contributed by atoms with van der Waals surface area (Å²) in [6, 6.07) is 19.2. The average molecular weight is 570 g/mol. The molecule has 0 amide bonds. The summed E-state index contributed by atoms with van der Waals surface area (Å²) >= 11 is 6.00. The number of aromatic nitrogens is 2. The van der Waals surface area contributed by atoms with E-state index in [1.807, 2.05) is 12.1 Å². The Morgan fingerprint density at radius 1 is 1.13 bits per heavy atom. The van der Waals surface area contributed by atoms with Crippen molar-refractivity contribution in [3.8, 4) is 16.8 Å². The molecule has 7 nitrogen and oxygen atoms in total. The second-order valence-electron chi connectivity index (χ2n) is 8.70. The molecule has 202 valence electrons. The number of rotatable bonds is 10. The first-order valence-electron chi connectivity index (χ1n) is 12.0. The van der Waals surface area contributed by atoms with Gasteiger partial charge in [-0.3, -0.25) is 0 Å². The molecular weight excluding hydrogens is 544 g/mol. The van der Waals surface area contributed by atoms with Gasteiger partial charge in [0.2, 0.25) is 0 Å². The molecule has 0 unspecified atom stereocenters. The fraction of sp³-hybridized carbons (Fsp3) is 0.179. The first-order valence-corrected chi connectivity index (χ1v) is 14.0. The van der Waals surface area contributed by atoms with Crippen molar-refractivity contribution in [2.45, 2.75) is 31.7 Å². The standard InChI is InChI=1S/C28H26ClF2N5O2S/c1-3-39(37,38)23-6-4-5-20(13-23)21-9-12-27(36-17-26(28(30)31)35-18(36)2)24(14-21)25(16-34-32)33-15-19-7-10-22(29)11-8-19/h4-14,16-17,28,32-33H,3,15H2,1-2H3/b25-16-,34-32?. The fourth-order valence-electron chi connectivity index (χ4n) is 4.10. The fourth-order valence-corrected chi connectivity index (χ4v) is 5.15. The largest absolute Gasteiger partial charge is 0.379 e. The van der Waals surface area contributed by atoms with Crippen molar-refractivity contribution < 1.29 is 17.2 Å². The van der Waals surface area contributed by atoms with Crippen LogP contribution in [0.4, 0.5) is 8.78 Å². The van der Waals surface area contributed by atoms with Gasteiger partial charge in [-0.2, -0.15) is 5.11 Å². The van der Waals surface area contributed by atoms with Crippen LogP contribution in [0.25, 0.3) is 22.5 Å². The molecule has 3 aromatic carbocycles. The van der Waals surface area contributed by atoms with E-state index < -0.39 is 16.3 Å². The highest BCUT2D eigenvalue weighted by atomic mass is 35.5. The minimum atomic E-state index is -3.42. The second kappa shape index (κ2) is 11.9. The molecule has 0 spiro atoms. The van der Waals surface area contributed by atoms with E-state index in [1.165, 1.54) is 12.4 Å². The van der Waals surface area contributed by atoms with Gasteiger partial charge in [0.05, 0.1) is 28.2 Å². The van der Waals surface area contributed by atoms with Gasteiger partial charge in [0.1, 0.15) is 11.5 Å². The lowest BCUT2D eigenvalue weighted by Crippen LogP contribution is -2.14. The molecule has 0 atom stereocenters. The number of sulfone groups is 1. The quantitative estimate of drug-likeness (QED) is 0.195. The zero-order valence-corrected chi connectivity index (χ0v) is 22.8. The Kier molecular flexibility index (Phi) is 8.57. The summed E-state index contributed by atoms with van der Waals surface area (Å²) in [6.45, 7) is 3.59. The molecule has 0 fully saturated rings. The van der Waals surface area contributed by atoms with E-state index >= 15 is 0 Å². The first-order chi connectivity index (χ1) is 18.6. The smallest absolute Gasteiger partial charge is 0.281 e. The van der Waals surface area contributed by atoms with Crippen LogP contribution in [0.1, 0.15) is 36.0 Å². The number of halogens is 3. The van der Waals surface area contributed by atoms with Gasteiger partial charge >= 0.3 is 0 Å². The van der Waals surface area contributed by atoms with Gasteiger partial charge in [0, 0.05) is 23.3 Å². The van der Waals surface area contributed by atoms with E-state index in [1.54, 1.807) is 73.0 Å². The van der Waals surface area contributed by atoms with Crippen molar-refractivity contribution in [1.29, 1.82) is 5.53 Å². The molecule has 0 aliphatic carbocycles. The highest BCUT2D eigenvalue weighted by Gasteiger charge is 2.19.